The van der Waals surface area contributed by atoms with Gasteiger partial charge >= 0.3 is 0 Å². The van der Waals surface area contributed by atoms with Gasteiger partial charge in [0.1, 0.15) is 12.4 Å². The van der Waals surface area contributed by atoms with Crippen LogP contribution in [0.1, 0.15) is 92.5 Å². The molecule has 226 valence electrons. The van der Waals surface area contributed by atoms with Crippen LogP contribution in [0.15, 0.2) is 66.3 Å². The van der Waals surface area contributed by atoms with Crippen molar-refractivity contribution in [3.8, 4) is 5.75 Å². The van der Waals surface area contributed by atoms with Crippen LogP contribution in [-0.2, 0) is 13.2 Å². The number of aryl methyl sites for hydroxylation is 1. The lowest BCUT2D eigenvalue weighted by atomic mass is 9.77. The van der Waals surface area contributed by atoms with Gasteiger partial charge in [0, 0.05) is 25.0 Å². The van der Waals surface area contributed by atoms with Gasteiger partial charge in [-0.1, -0.05) is 79.9 Å². The molecule has 1 aliphatic carbocycles. The summed E-state index contributed by atoms with van der Waals surface area (Å²) < 4.78 is 6.37. The highest BCUT2D eigenvalue weighted by Gasteiger charge is 2.24. The average Bonchev–Trinajstić information content (AvgIpc) is 2.99. The van der Waals surface area contributed by atoms with Gasteiger partial charge in [0.2, 0.25) is 0 Å². The lowest BCUT2D eigenvalue weighted by Gasteiger charge is -2.33. The van der Waals surface area contributed by atoms with E-state index in [0.717, 1.165) is 18.7 Å². The van der Waals surface area contributed by atoms with Crippen molar-refractivity contribution in [2.24, 2.45) is 5.92 Å². The van der Waals surface area contributed by atoms with E-state index in [1.54, 1.807) is 0 Å². The van der Waals surface area contributed by atoms with Gasteiger partial charge < -0.3 is 9.64 Å². The highest BCUT2D eigenvalue weighted by atomic mass is 35.5. The maximum absolute atomic E-state index is 6.78. The molecule has 3 nitrogen and oxygen atoms in total. The Morgan fingerprint density at radius 2 is 1.79 bits per heavy atom. The predicted molar refractivity (Wildman–Crippen MR) is 179 cm³/mol. The monoisotopic (exact) mass is 586 g/mol. The normalized spacial score (nSPS) is 23.8. The lowest BCUT2D eigenvalue weighted by Crippen LogP contribution is -2.36. The minimum absolute atomic E-state index is 0.360. The Morgan fingerprint density at radius 1 is 0.976 bits per heavy atom. The lowest BCUT2D eigenvalue weighted by molar-refractivity contribution is 0.152. The van der Waals surface area contributed by atoms with Crippen LogP contribution < -0.4 is 4.74 Å². The van der Waals surface area contributed by atoms with E-state index >= 15 is 0 Å². The second-order valence-electron chi connectivity index (χ2n) is 12.9. The number of ether oxygens (including phenoxy) is 1. The van der Waals surface area contributed by atoms with Gasteiger partial charge in [-0.05, 0) is 124 Å². The van der Waals surface area contributed by atoms with Crippen LogP contribution in [0.4, 0.5) is 0 Å². The number of likely N-dealkylation sites (tertiary alicyclic amines) is 2. The van der Waals surface area contributed by atoms with E-state index in [1.807, 2.05) is 0 Å². The first kappa shape index (κ1) is 31.1. The number of piperidine rings is 2. The van der Waals surface area contributed by atoms with Crippen molar-refractivity contribution in [2.75, 3.05) is 26.2 Å². The van der Waals surface area contributed by atoms with E-state index in [1.165, 1.54) is 98.1 Å². The van der Waals surface area contributed by atoms with Crippen LogP contribution in [0.25, 0.3) is 0 Å². The molecular formula is C38H51ClN2O. The molecule has 3 aliphatic rings. The molecule has 2 aromatic carbocycles. The summed E-state index contributed by atoms with van der Waals surface area (Å²) in [4.78, 5) is 5.20. The van der Waals surface area contributed by atoms with E-state index in [2.05, 4.69) is 98.2 Å². The van der Waals surface area contributed by atoms with Crippen LogP contribution in [0.5, 0.6) is 5.75 Å². The average molecular weight is 587 g/mol. The van der Waals surface area contributed by atoms with Crippen molar-refractivity contribution in [3.63, 3.8) is 0 Å². The molecule has 5 rings (SSSR count). The van der Waals surface area contributed by atoms with Gasteiger partial charge in [0.15, 0.2) is 0 Å². The SMILES string of the molecule is Cc1cc(OCc2cccc(C3C=CC=C(/C=C/CCN4CCCCC4)C3C)c2C)c(Cl)cc1CN1CCCC[C@H]1C. The smallest absolute Gasteiger partial charge is 0.138 e. The molecule has 0 saturated carbocycles. The van der Waals surface area contributed by atoms with E-state index in [0.29, 0.717) is 29.5 Å². The Kier molecular flexibility index (Phi) is 11.0. The topological polar surface area (TPSA) is 15.7 Å². The van der Waals surface area contributed by atoms with Crippen LogP contribution >= 0.6 is 11.6 Å². The van der Waals surface area contributed by atoms with E-state index in [9.17, 15) is 0 Å². The summed E-state index contributed by atoms with van der Waals surface area (Å²) in [6.45, 7) is 15.5. The zero-order chi connectivity index (χ0) is 29.5. The molecule has 0 radical (unpaired) electrons. The number of halogens is 1. The minimum atomic E-state index is 0.360. The molecule has 0 N–H and O–H groups in total. The number of nitrogens with zero attached hydrogens (tertiary/aromatic N) is 2. The molecule has 2 fully saturated rings. The van der Waals surface area contributed by atoms with E-state index < -0.39 is 0 Å². The van der Waals surface area contributed by atoms with Gasteiger partial charge in [-0.25, -0.2) is 0 Å². The van der Waals surface area contributed by atoms with Crippen molar-refractivity contribution in [1.29, 1.82) is 0 Å². The summed E-state index contributed by atoms with van der Waals surface area (Å²) in [5, 5.41) is 0.708. The van der Waals surface area contributed by atoms with Gasteiger partial charge in [0.25, 0.3) is 0 Å². The molecule has 2 aliphatic heterocycles. The number of allylic oxidation sites excluding steroid dienone is 5. The largest absolute Gasteiger partial charge is 0.487 e. The molecule has 2 unspecified atom stereocenters. The van der Waals surface area contributed by atoms with Crippen molar-refractivity contribution < 1.29 is 4.74 Å². The summed E-state index contributed by atoms with van der Waals surface area (Å²) in [5.74, 6) is 1.57. The fourth-order valence-corrected chi connectivity index (χ4v) is 7.26. The highest BCUT2D eigenvalue weighted by molar-refractivity contribution is 6.32. The van der Waals surface area contributed by atoms with Gasteiger partial charge in [-0.15, -0.1) is 0 Å². The zero-order valence-electron chi connectivity index (χ0n) is 26.4. The number of rotatable bonds is 10. The molecule has 0 amide bonds. The van der Waals surface area contributed by atoms with Crippen molar-refractivity contribution in [3.05, 3.63) is 99.1 Å². The Balaban J connectivity index is 1.21. The summed E-state index contributed by atoms with van der Waals surface area (Å²) in [6, 6.07) is 11.6. The summed E-state index contributed by atoms with van der Waals surface area (Å²) in [7, 11) is 0. The fraction of sp³-hybridized carbons (Fsp3) is 0.526. The van der Waals surface area contributed by atoms with Crippen molar-refractivity contribution in [2.45, 2.75) is 97.8 Å². The van der Waals surface area contributed by atoms with Crippen molar-refractivity contribution >= 4 is 11.6 Å². The van der Waals surface area contributed by atoms with Crippen LogP contribution in [0, 0.1) is 19.8 Å². The Labute approximate surface area is 260 Å². The van der Waals surface area contributed by atoms with Crippen LogP contribution in [0.3, 0.4) is 0 Å². The van der Waals surface area contributed by atoms with Gasteiger partial charge in [0.05, 0.1) is 5.02 Å². The second-order valence-corrected chi connectivity index (χ2v) is 13.3. The molecule has 3 atom stereocenters. The first-order valence-electron chi connectivity index (χ1n) is 16.4. The summed E-state index contributed by atoms with van der Waals surface area (Å²) in [6.07, 6.45) is 20.8. The zero-order valence-corrected chi connectivity index (χ0v) is 27.1. The minimum Gasteiger partial charge on any atom is -0.487 e. The molecule has 2 aromatic rings. The number of hydrogen-bond acceptors (Lipinski definition) is 3. The van der Waals surface area contributed by atoms with Crippen LogP contribution in [-0.4, -0.2) is 42.0 Å². The third-order valence-corrected chi connectivity index (χ3v) is 10.3. The molecule has 4 heteroatoms. The summed E-state index contributed by atoms with van der Waals surface area (Å²) in [5.41, 5.74) is 7.91. The molecule has 0 aromatic heterocycles. The quantitative estimate of drug-likeness (QED) is 0.276. The second kappa shape index (κ2) is 14.9. The number of benzene rings is 2. The first-order valence-corrected chi connectivity index (χ1v) is 16.8. The maximum Gasteiger partial charge on any atom is 0.138 e. The Morgan fingerprint density at radius 3 is 2.60 bits per heavy atom. The molecule has 2 saturated heterocycles. The van der Waals surface area contributed by atoms with Gasteiger partial charge in [-0.3, -0.25) is 4.90 Å². The fourth-order valence-electron chi connectivity index (χ4n) is 7.02. The Bertz CT molecular complexity index is 1290. The molecule has 2 heterocycles. The van der Waals surface area contributed by atoms with E-state index in [4.69, 9.17) is 16.3 Å². The summed E-state index contributed by atoms with van der Waals surface area (Å²) >= 11 is 6.78. The molecule has 42 heavy (non-hydrogen) atoms. The number of hydrogen-bond donors (Lipinski definition) is 0. The molecule has 0 bridgehead atoms. The molecular weight excluding hydrogens is 536 g/mol. The maximum atomic E-state index is 6.78. The van der Waals surface area contributed by atoms with Crippen LogP contribution in [0.2, 0.25) is 5.02 Å². The third kappa shape index (κ3) is 7.78. The highest BCUT2D eigenvalue weighted by Crippen LogP contribution is 2.38. The predicted octanol–water partition coefficient (Wildman–Crippen LogP) is 9.56. The van der Waals surface area contributed by atoms with Crippen molar-refractivity contribution in [1.82, 2.24) is 9.80 Å². The standard InChI is InChI=1S/C38H51ClN2O/c1-28-24-38(37(39)25-34(28)26-41-23-11-6-14-29(41)2)42-27-33-17-13-19-36(31(33)4)35-18-12-16-32(30(35)3)15-7-10-22-40-20-8-5-9-21-40/h7,12-13,15-19,24-25,29-30,35H,5-6,8-11,14,20-23,26-27H2,1-4H3/b15-7+/t29-,30?,35?/m1/s1. The van der Waals surface area contributed by atoms with E-state index in [-0.39, 0.29) is 0 Å². The molecule has 0 spiro atoms. The first-order chi connectivity index (χ1) is 20.4. The Hall–Kier alpha value is -2.33. The third-order valence-electron chi connectivity index (χ3n) is 9.98. The van der Waals surface area contributed by atoms with Gasteiger partial charge in [-0.2, -0.15) is 0 Å².